The van der Waals surface area contributed by atoms with Gasteiger partial charge in [0.1, 0.15) is 0 Å². The van der Waals surface area contributed by atoms with Crippen molar-refractivity contribution < 1.29 is 8.42 Å². The zero-order chi connectivity index (χ0) is 8.41. The van der Waals surface area contributed by atoms with E-state index < -0.39 is 10.9 Å². The lowest BCUT2D eigenvalue weighted by Crippen LogP contribution is -1.85. The van der Waals surface area contributed by atoms with Gasteiger partial charge in [-0.3, -0.25) is 0 Å². The van der Waals surface area contributed by atoms with Gasteiger partial charge in [0.15, 0.2) is 10.9 Å². The molecular formula is C5H14BrNO2S. The van der Waals surface area contributed by atoms with Crippen molar-refractivity contribution in [2.24, 2.45) is 5.14 Å². The lowest BCUT2D eigenvalue weighted by Gasteiger charge is -1.85. The molecule has 0 aromatic carbocycles. The molecule has 0 aliphatic carbocycles. The Morgan fingerprint density at radius 2 is 1.80 bits per heavy atom. The molecule has 0 saturated heterocycles. The summed E-state index contributed by atoms with van der Waals surface area (Å²) in [4.78, 5) is 0. The molecule has 0 aromatic rings. The van der Waals surface area contributed by atoms with E-state index in [2.05, 4.69) is 28.0 Å². The van der Waals surface area contributed by atoms with Crippen molar-refractivity contribution in [3.05, 3.63) is 0 Å². The fraction of sp³-hybridized carbons (Fsp3) is 1.00. The highest BCUT2D eigenvalue weighted by molar-refractivity contribution is 9.09. The Morgan fingerprint density at radius 3 is 1.90 bits per heavy atom. The highest BCUT2D eigenvalue weighted by atomic mass is 79.9. The van der Waals surface area contributed by atoms with Gasteiger partial charge >= 0.3 is 0 Å². The van der Waals surface area contributed by atoms with Gasteiger partial charge in [-0.15, -0.1) is 0 Å². The van der Waals surface area contributed by atoms with Gasteiger partial charge in [0.05, 0.1) is 0 Å². The van der Waals surface area contributed by atoms with Crippen LogP contribution in [0.5, 0.6) is 0 Å². The molecule has 10 heavy (non-hydrogen) atoms. The van der Waals surface area contributed by atoms with Crippen LogP contribution < -0.4 is 5.14 Å². The Labute approximate surface area is 72.2 Å². The van der Waals surface area contributed by atoms with Crippen LogP contribution in [0.25, 0.3) is 0 Å². The van der Waals surface area contributed by atoms with Crippen LogP contribution in [0.1, 0.15) is 26.2 Å². The van der Waals surface area contributed by atoms with Crippen molar-refractivity contribution >= 4 is 26.8 Å². The summed E-state index contributed by atoms with van der Waals surface area (Å²) in [6.07, 6.45) is 4.02. The summed E-state index contributed by atoms with van der Waals surface area (Å²) in [5.41, 5.74) is 0. The molecule has 5 heteroatoms. The molecule has 0 radical (unpaired) electrons. The van der Waals surface area contributed by atoms with E-state index in [4.69, 9.17) is 8.42 Å². The van der Waals surface area contributed by atoms with Crippen LogP contribution in [-0.4, -0.2) is 13.7 Å². The molecule has 0 aromatic heterocycles. The first-order chi connectivity index (χ1) is 4.65. The monoisotopic (exact) mass is 231 g/mol. The predicted octanol–water partition coefficient (Wildman–Crippen LogP) is 1.04. The minimum absolute atomic E-state index is 1.17. The molecule has 0 aliphatic rings. The molecule has 0 aliphatic heterocycles. The Balaban J connectivity index is 0. The minimum atomic E-state index is -2.62. The minimum Gasteiger partial charge on any atom is -0.231 e. The van der Waals surface area contributed by atoms with E-state index in [1.807, 2.05) is 0 Å². The Kier molecular flexibility index (Phi) is 15.8. The van der Waals surface area contributed by atoms with Crippen molar-refractivity contribution in [3.63, 3.8) is 0 Å². The smallest absolute Gasteiger partial charge is 0.198 e. The van der Waals surface area contributed by atoms with Gasteiger partial charge in [0, 0.05) is 5.33 Å². The summed E-state index contributed by atoms with van der Waals surface area (Å²) >= 11 is 3.35. The fourth-order valence-electron chi connectivity index (χ4n) is 0.344. The van der Waals surface area contributed by atoms with Crippen LogP contribution in [0.2, 0.25) is 0 Å². The third kappa shape index (κ3) is 39.9. The molecule has 64 valence electrons. The van der Waals surface area contributed by atoms with Gasteiger partial charge in [-0.05, 0) is 6.42 Å². The van der Waals surface area contributed by atoms with Crippen molar-refractivity contribution in [3.8, 4) is 0 Å². The second-order valence-electron chi connectivity index (χ2n) is 1.68. The molecule has 3 nitrogen and oxygen atoms in total. The Hall–Kier alpha value is 0.390. The number of alkyl halides is 1. The first-order valence-corrected chi connectivity index (χ1v) is 5.47. The molecule has 2 N–H and O–H groups in total. The second-order valence-corrected chi connectivity index (χ2v) is 3.05. The van der Waals surface area contributed by atoms with Gasteiger partial charge in [0.25, 0.3) is 0 Å². The van der Waals surface area contributed by atoms with Gasteiger partial charge in [-0.25, -0.2) is 13.6 Å². The van der Waals surface area contributed by atoms with E-state index >= 15 is 0 Å². The maximum absolute atomic E-state index is 8.81. The highest BCUT2D eigenvalue weighted by Crippen LogP contribution is 1.95. The number of nitrogens with two attached hydrogens (primary N) is 1. The summed E-state index contributed by atoms with van der Waals surface area (Å²) in [5, 5.41) is 5.23. The van der Waals surface area contributed by atoms with Crippen LogP contribution in [0, 0.1) is 0 Å². The number of halogens is 1. The fourth-order valence-corrected chi connectivity index (χ4v) is 0.741. The Morgan fingerprint density at radius 1 is 1.40 bits per heavy atom. The van der Waals surface area contributed by atoms with E-state index in [1.165, 1.54) is 24.6 Å². The molecule has 0 bridgehead atoms. The molecule has 0 spiro atoms. The molecular weight excluding hydrogens is 218 g/mol. The van der Waals surface area contributed by atoms with Gasteiger partial charge in [-0.2, -0.15) is 0 Å². The number of hydrogen-bond acceptors (Lipinski definition) is 2. The predicted molar refractivity (Wildman–Crippen MR) is 47.8 cm³/mol. The van der Waals surface area contributed by atoms with Crippen LogP contribution >= 0.6 is 15.9 Å². The lowest BCUT2D eigenvalue weighted by molar-refractivity contribution is 0.616. The third-order valence-electron chi connectivity index (χ3n) is 0.737. The molecule has 0 amide bonds. The number of rotatable bonds is 3. The van der Waals surface area contributed by atoms with Crippen molar-refractivity contribution in [2.75, 3.05) is 5.33 Å². The average molecular weight is 232 g/mol. The first-order valence-electron chi connectivity index (χ1n) is 3.10. The maximum Gasteiger partial charge on any atom is 0.198 e. The number of hydrogen-bond donors (Lipinski definition) is 2. The van der Waals surface area contributed by atoms with Gasteiger partial charge in [0.2, 0.25) is 0 Å². The van der Waals surface area contributed by atoms with Crippen LogP contribution in [-0.2, 0) is 10.9 Å². The topological polar surface area (TPSA) is 60.2 Å². The van der Waals surface area contributed by atoms with E-state index in [0.29, 0.717) is 0 Å². The van der Waals surface area contributed by atoms with E-state index in [0.717, 1.165) is 0 Å². The van der Waals surface area contributed by atoms with Crippen LogP contribution in [0.4, 0.5) is 0 Å². The maximum atomic E-state index is 8.81. The first kappa shape index (κ1) is 13.0. The number of unbranched alkanes of at least 4 members (excludes halogenated alkanes) is 2. The summed E-state index contributed by atoms with van der Waals surface area (Å²) in [5.74, 6) is 0. The van der Waals surface area contributed by atoms with E-state index in [-0.39, 0.29) is 0 Å². The van der Waals surface area contributed by atoms with E-state index in [1.54, 1.807) is 0 Å². The van der Waals surface area contributed by atoms with Crippen molar-refractivity contribution in [1.82, 2.24) is 0 Å². The van der Waals surface area contributed by atoms with Crippen LogP contribution in [0.3, 0.4) is 0 Å². The molecule has 0 saturated carbocycles. The van der Waals surface area contributed by atoms with Gasteiger partial charge < -0.3 is 0 Å². The number of thiol groups is 1. The normalized spacial score (nSPS) is 8.80. The summed E-state index contributed by atoms with van der Waals surface area (Å²) in [7, 11) is -2.62. The summed E-state index contributed by atoms with van der Waals surface area (Å²) in [6, 6.07) is 0. The zero-order valence-corrected chi connectivity index (χ0v) is 8.53. The molecule has 0 unspecified atom stereocenters. The van der Waals surface area contributed by atoms with E-state index in [9.17, 15) is 0 Å². The lowest BCUT2D eigenvalue weighted by atomic mass is 10.3. The third-order valence-corrected chi connectivity index (χ3v) is 1.30. The Bertz CT molecular complexity index is 104. The van der Waals surface area contributed by atoms with Crippen LogP contribution in [0.15, 0.2) is 0 Å². The standard InChI is InChI=1S/C5H11Br.H3NO2S/c1-2-3-4-5-6;1-4(2)3/h2-5H2,1H3;4H,(H2,1,2,3). The van der Waals surface area contributed by atoms with Crippen molar-refractivity contribution in [1.29, 1.82) is 0 Å². The molecule has 0 heterocycles. The molecule has 0 atom stereocenters. The average Bonchev–Trinajstić information content (AvgIpc) is 1.82. The largest absolute Gasteiger partial charge is 0.231 e. The van der Waals surface area contributed by atoms with Gasteiger partial charge in [-0.1, -0.05) is 35.7 Å². The highest BCUT2D eigenvalue weighted by Gasteiger charge is 1.76. The zero-order valence-electron chi connectivity index (χ0n) is 6.05. The summed E-state index contributed by atoms with van der Waals surface area (Å²) in [6.45, 7) is 2.21. The quantitative estimate of drug-likeness (QED) is 0.434. The SMILES string of the molecule is CCCCCBr.N[SH](=O)=O. The molecule has 0 fully saturated rings. The van der Waals surface area contributed by atoms with Crippen molar-refractivity contribution in [2.45, 2.75) is 26.2 Å². The molecule has 0 rings (SSSR count). The second kappa shape index (κ2) is 12.1. The summed E-state index contributed by atoms with van der Waals surface area (Å²) < 4.78 is 17.6.